The van der Waals surface area contributed by atoms with Crippen LogP contribution >= 0.6 is 0 Å². The summed E-state index contributed by atoms with van der Waals surface area (Å²) in [6.07, 6.45) is 0.944. The van der Waals surface area contributed by atoms with E-state index in [4.69, 9.17) is 14.2 Å². The molecule has 1 atom stereocenters. The Bertz CT molecular complexity index is 549. The monoisotopic (exact) mass is 338 g/mol. The number of carbonyl (C=O) groups excluding carboxylic acids is 2. The van der Waals surface area contributed by atoms with Gasteiger partial charge in [-0.25, -0.2) is 0 Å². The molecule has 7 heteroatoms. The van der Waals surface area contributed by atoms with Crippen molar-refractivity contribution in [2.75, 3.05) is 27.9 Å². The predicted molar refractivity (Wildman–Crippen MR) is 90.7 cm³/mol. The quantitative estimate of drug-likeness (QED) is 0.708. The number of hydrogen-bond donors (Lipinski definition) is 2. The molecule has 7 nitrogen and oxygen atoms in total. The zero-order chi connectivity index (χ0) is 18.1. The first-order valence-electron chi connectivity index (χ1n) is 7.82. The van der Waals surface area contributed by atoms with E-state index in [9.17, 15) is 9.59 Å². The highest BCUT2D eigenvalue weighted by atomic mass is 16.5. The van der Waals surface area contributed by atoms with Crippen LogP contribution < -0.4 is 24.8 Å². The molecule has 0 spiro atoms. The lowest BCUT2D eigenvalue weighted by molar-refractivity contribution is -0.128. The van der Waals surface area contributed by atoms with Gasteiger partial charge in [-0.15, -0.1) is 0 Å². The van der Waals surface area contributed by atoms with Crippen molar-refractivity contribution in [2.24, 2.45) is 0 Å². The molecule has 0 aliphatic carbocycles. The Balaban J connectivity index is 2.78. The highest BCUT2D eigenvalue weighted by molar-refractivity contribution is 5.88. The summed E-state index contributed by atoms with van der Waals surface area (Å²) in [5.74, 6) is 0.969. The van der Waals surface area contributed by atoms with Gasteiger partial charge in [-0.1, -0.05) is 6.92 Å². The minimum Gasteiger partial charge on any atom is -0.493 e. The van der Waals surface area contributed by atoms with Crippen LogP contribution in [0.3, 0.4) is 0 Å². The Labute approximate surface area is 142 Å². The van der Waals surface area contributed by atoms with Crippen molar-refractivity contribution in [3.8, 4) is 17.2 Å². The van der Waals surface area contributed by atoms with Gasteiger partial charge in [-0.05, 0) is 31.0 Å². The molecule has 1 aromatic carbocycles. The lowest BCUT2D eigenvalue weighted by Crippen LogP contribution is -2.45. The highest BCUT2D eigenvalue weighted by Gasteiger charge is 2.18. The largest absolute Gasteiger partial charge is 0.493 e. The maximum atomic E-state index is 12.2. The number of hydrogen-bond acceptors (Lipinski definition) is 5. The molecule has 134 valence electrons. The van der Waals surface area contributed by atoms with E-state index in [0.29, 0.717) is 29.4 Å². The molecule has 0 fully saturated rings. The molecule has 0 aromatic heterocycles. The molecule has 24 heavy (non-hydrogen) atoms. The first-order valence-corrected chi connectivity index (χ1v) is 7.82. The van der Waals surface area contributed by atoms with Crippen LogP contribution in [0.4, 0.5) is 0 Å². The van der Waals surface area contributed by atoms with Crippen molar-refractivity contribution >= 4 is 11.8 Å². The summed E-state index contributed by atoms with van der Waals surface area (Å²) in [5, 5.41) is 5.42. The molecule has 0 saturated carbocycles. The summed E-state index contributed by atoms with van der Waals surface area (Å²) >= 11 is 0. The number of carbonyl (C=O) groups is 2. The number of rotatable bonds is 9. The van der Waals surface area contributed by atoms with Gasteiger partial charge in [-0.2, -0.15) is 0 Å². The summed E-state index contributed by atoms with van der Waals surface area (Å²) in [4.78, 5) is 23.9. The predicted octanol–water partition coefficient (Wildman–Crippen LogP) is 1.29. The zero-order valence-corrected chi connectivity index (χ0v) is 14.9. The second-order valence-corrected chi connectivity index (χ2v) is 5.29. The molecule has 1 aromatic rings. The van der Waals surface area contributed by atoms with Gasteiger partial charge in [0.05, 0.1) is 27.8 Å². The molecule has 0 heterocycles. The molecule has 0 aliphatic rings. The van der Waals surface area contributed by atoms with Gasteiger partial charge in [0.25, 0.3) is 0 Å². The van der Waals surface area contributed by atoms with Crippen LogP contribution in [-0.2, 0) is 16.0 Å². The summed E-state index contributed by atoms with van der Waals surface area (Å²) in [5.41, 5.74) is 0.697. The summed E-state index contributed by atoms with van der Waals surface area (Å²) in [6, 6.07) is 2.83. The zero-order valence-electron chi connectivity index (χ0n) is 14.9. The number of ether oxygens (including phenoxy) is 3. The van der Waals surface area contributed by atoms with Gasteiger partial charge in [0.1, 0.15) is 6.04 Å². The van der Waals surface area contributed by atoms with Gasteiger partial charge in [-0.3, -0.25) is 9.59 Å². The molecule has 1 rings (SSSR count). The number of benzene rings is 1. The molecule has 2 N–H and O–H groups in total. The van der Waals surface area contributed by atoms with E-state index in [2.05, 4.69) is 10.6 Å². The van der Waals surface area contributed by atoms with Gasteiger partial charge in [0, 0.05) is 6.54 Å². The second-order valence-electron chi connectivity index (χ2n) is 5.29. The van der Waals surface area contributed by atoms with Crippen molar-refractivity contribution in [3.05, 3.63) is 17.7 Å². The minimum atomic E-state index is -0.592. The Morgan fingerprint density at radius 1 is 1.08 bits per heavy atom. The van der Waals surface area contributed by atoms with E-state index >= 15 is 0 Å². The number of amides is 2. The summed E-state index contributed by atoms with van der Waals surface area (Å²) in [6.45, 7) is 4.21. The van der Waals surface area contributed by atoms with E-state index in [1.165, 1.54) is 21.3 Å². The van der Waals surface area contributed by atoms with Crippen molar-refractivity contribution < 1.29 is 23.8 Å². The third-order valence-corrected chi connectivity index (χ3v) is 3.41. The minimum absolute atomic E-state index is 0.0993. The van der Waals surface area contributed by atoms with Crippen LogP contribution in [0, 0.1) is 0 Å². The molecule has 0 radical (unpaired) electrons. The molecule has 2 amide bonds. The average Bonchev–Trinajstić information content (AvgIpc) is 2.58. The lowest BCUT2D eigenvalue weighted by atomic mass is 10.1. The van der Waals surface area contributed by atoms with Crippen LogP contribution in [-0.4, -0.2) is 45.7 Å². The number of nitrogens with one attached hydrogen (secondary N) is 2. The Morgan fingerprint density at radius 3 is 2.12 bits per heavy atom. The summed E-state index contributed by atoms with van der Waals surface area (Å²) in [7, 11) is 4.55. The van der Waals surface area contributed by atoms with E-state index in [1.54, 1.807) is 19.1 Å². The van der Waals surface area contributed by atoms with Crippen molar-refractivity contribution in [2.45, 2.75) is 32.7 Å². The normalized spacial score (nSPS) is 11.4. The Hall–Kier alpha value is -2.44. The fourth-order valence-electron chi connectivity index (χ4n) is 2.18. The van der Waals surface area contributed by atoms with Gasteiger partial charge in [0.2, 0.25) is 17.6 Å². The van der Waals surface area contributed by atoms with Crippen LogP contribution in [0.2, 0.25) is 0 Å². The van der Waals surface area contributed by atoms with Gasteiger partial charge < -0.3 is 24.8 Å². The maximum absolute atomic E-state index is 12.2. The Kier molecular flexibility index (Phi) is 7.88. The highest BCUT2D eigenvalue weighted by Crippen LogP contribution is 2.38. The van der Waals surface area contributed by atoms with Crippen LogP contribution in [0.5, 0.6) is 17.2 Å². The van der Waals surface area contributed by atoms with Crippen molar-refractivity contribution in [3.63, 3.8) is 0 Å². The average molecular weight is 338 g/mol. The van der Waals surface area contributed by atoms with Gasteiger partial charge >= 0.3 is 0 Å². The third-order valence-electron chi connectivity index (χ3n) is 3.41. The second kappa shape index (κ2) is 9.64. The van der Waals surface area contributed by atoms with Crippen LogP contribution in [0.25, 0.3) is 0 Å². The lowest BCUT2D eigenvalue weighted by Gasteiger charge is -2.16. The third kappa shape index (κ3) is 5.33. The van der Waals surface area contributed by atoms with Crippen LogP contribution in [0.1, 0.15) is 25.8 Å². The van der Waals surface area contributed by atoms with Gasteiger partial charge in [0.15, 0.2) is 11.5 Å². The molecule has 0 bridgehead atoms. The molecule has 0 aliphatic heterocycles. The van der Waals surface area contributed by atoms with E-state index in [1.807, 2.05) is 6.92 Å². The molecular formula is C17H26N2O5. The van der Waals surface area contributed by atoms with E-state index in [0.717, 1.165) is 6.42 Å². The smallest absolute Gasteiger partial charge is 0.242 e. The fourth-order valence-corrected chi connectivity index (χ4v) is 2.18. The van der Waals surface area contributed by atoms with E-state index < -0.39 is 6.04 Å². The first kappa shape index (κ1) is 19.6. The van der Waals surface area contributed by atoms with Crippen molar-refractivity contribution in [1.82, 2.24) is 10.6 Å². The molecular weight excluding hydrogens is 312 g/mol. The molecule has 0 unspecified atom stereocenters. The summed E-state index contributed by atoms with van der Waals surface area (Å²) < 4.78 is 15.8. The molecule has 0 saturated heterocycles. The standard InChI is InChI=1S/C17H26N2O5/c1-6-7-18-17(21)11(2)19-15(20)10-12-8-13(22-3)16(24-5)14(9-12)23-4/h8-9,11H,6-7,10H2,1-5H3,(H,18,21)(H,19,20)/t11-/m1/s1. The SMILES string of the molecule is CCCNC(=O)[C@@H](C)NC(=O)Cc1cc(OC)c(OC)c(OC)c1. The van der Waals surface area contributed by atoms with E-state index in [-0.39, 0.29) is 18.2 Å². The van der Waals surface area contributed by atoms with Crippen LogP contribution in [0.15, 0.2) is 12.1 Å². The maximum Gasteiger partial charge on any atom is 0.242 e. The Morgan fingerprint density at radius 2 is 1.67 bits per heavy atom. The van der Waals surface area contributed by atoms with Crippen molar-refractivity contribution in [1.29, 1.82) is 0 Å². The fraction of sp³-hybridized carbons (Fsp3) is 0.529. The first-order chi connectivity index (χ1) is 11.5. The number of methoxy groups -OCH3 is 3. The topological polar surface area (TPSA) is 85.9 Å².